The third kappa shape index (κ3) is 1.95. The molecule has 0 unspecified atom stereocenters. The van der Waals surface area contributed by atoms with Crippen molar-refractivity contribution in [3.05, 3.63) is 29.8 Å². The SMILES string of the molecule is C[B]c1ccc(C(=O)CN)cc1. The number of carbonyl (C=O) groups is 1. The molecular formula is C9H11BNO. The molecule has 0 spiro atoms. The van der Waals surface area contributed by atoms with Gasteiger partial charge in [0.2, 0.25) is 0 Å². The van der Waals surface area contributed by atoms with E-state index in [1.807, 2.05) is 26.2 Å². The number of Topliss-reactive ketones (excluding diaryl/α,β-unsaturated/α-hetero) is 1. The summed E-state index contributed by atoms with van der Waals surface area (Å²) in [7, 11) is 1.98. The van der Waals surface area contributed by atoms with E-state index in [0.29, 0.717) is 5.56 Å². The number of carbonyl (C=O) groups excluding carboxylic acids is 1. The van der Waals surface area contributed by atoms with Gasteiger partial charge >= 0.3 is 0 Å². The van der Waals surface area contributed by atoms with Crippen LogP contribution in [0.25, 0.3) is 0 Å². The van der Waals surface area contributed by atoms with Gasteiger partial charge in [0.05, 0.1) is 6.54 Å². The highest BCUT2D eigenvalue weighted by molar-refractivity contribution is 6.51. The Morgan fingerprint density at radius 1 is 1.42 bits per heavy atom. The highest BCUT2D eigenvalue weighted by atomic mass is 16.1. The van der Waals surface area contributed by atoms with E-state index in [9.17, 15) is 4.79 Å². The third-order valence-corrected chi connectivity index (χ3v) is 1.75. The zero-order valence-electron chi connectivity index (χ0n) is 7.08. The molecule has 0 saturated carbocycles. The first-order valence-electron chi connectivity index (χ1n) is 3.90. The number of nitrogens with two attached hydrogens (primary N) is 1. The standard InChI is InChI=1S/C9H11BNO/c1-10-8-4-2-7(3-5-8)9(12)6-11/h2-5H,6,11H2,1H3. The topological polar surface area (TPSA) is 43.1 Å². The molecule has 3 heteroatoms. The van der Waals surface area contributed by atoms with Crippen LogP contribution in [0.3, 0.4) is 0 Å². The maximum absolute atomic E-state index is 11.1. The molecule has 0 amide bonds. The summed E-state index contributed by atoms with van der Waals surface area (Å²) in [5, 5.41) is 0. The highest BCUT2D eigenvalue weighted by Gasteiger charge is 2.01. The van der Waals surface area contributed by atoms with Crippen molar-refractivity contribution in [2.45, 2.75) is 6.82 Å². The van der Waals surface area contributed by atoms with Crippen LogP contribution in [0.1, 0.15) is 10.4 Å². The number of rotatable bonds is 3. The van der Waals surface area contributed by atoms with Crippen LogP contribution in [0.15, 0.2) is 24.3 Å². The fraction of sp³-hybridized carbons (Fsp3) is 0.222. The molecule has 1 aromatic carbocycles. The Morgan fingerprint density at radius 3 is 2.42 bits per heavy atom. The van der Waals surface area contributed by atoms with Gasteiger partial charge in [-0.05, 0) is 0 Å². The smallest absolute Gasteiger partial charge is 0.176 e. The predicted octanol–water partition coefficient (Wildman–Crippen LogP) is 0.206. The van der Waals surface area contributed by atoms with Crippen molar-refractivity contribution in [2.75, 3.05) is 6.54 Å². The lowest BCUT2D eigenvalue weighted by Crippen LogP contribution is -2.15. The number of ketones is 1. The Hall–Kier alpha value is -1.09. The van der Waals surface area contributed by atoms with Gasteiger partial charge < -0.3 is 5.73 Å². The summed E-state index contributed by atoms with van der Waals surface area (Å²) in [5.74, 6) is -0.0161. The molecule has 0 saturated heterocycles. The van der Waals surface area contributed by atoms with Crippen molar-refractivity contribution in [1.82, 2.24) is 0 Å². The summed E-state index contributed by atoms with van der Waals surface area (Å²) >= 11 is 0. The lowest BCUT2D eigenvalue weighted by molar-refractivity contribution is 0.100. The average molecular weight is 160 g/mol. The Morgan fingerprint density at radius 2 is 2.00 bits per heavy atom. The Balaban J connectivity index is 2.84. The lowest BCUT2D eigenvalue weighted by Gasteiger charge is -1.98. The first kappa shape index (κ1) is 9.01. The molecule has 0 aliphatic rings. The van der Waals surface area contributed by atoms with Crippen LogP contribution >= 0.6 is 0 Å². The summed E-state index contributed by atoms with van der Waals surface area (Å²) < 4.78 is 0. The summed E-state index contributed by atoms with van der Waals surface area (Å²) in [6.45, 7) is 2.04. The van der Waals surface area contributed by atoms with Gasteiger partial charge in [0.25, 0.3) is 0 Å². The number of benzene rings is 1. The molecule has 0 atom stereocenters. The second kappa shape index (κ2) is 4.07. The second-order valence-corrected chi connectivity index (χ2v) is 2.54. The van der Waals surface area contributed by atoms with Crippen molar-refractivity contribution in [2.24, 2.45) is 5.73 Å². The summed E-state index contributed by atoms with van der Waals surface area (Å²) in [6.07, 6.45) is 0. The molecule has 12 heavy (non-hydrogen) atoms. The van der Waals surface area contributed by atoms with E-state index in [0.717, 1.165) is 5.46 Å². The average Bonchev–Trinajstić information content (AvgIpc) is 2.17. The third-order valence-electron chi connectivity index (χ3n) is 1.75. The molecule has 1 aromatic rings. The van der Waals surface area contributed by atoms with Crippen LogP contribution in [-0.2, 0) is 0 Å². The number of hydrogen-bond donors (Lipinski definition) is 1. The van der Waals surface area contributed by atoms with Gasteiger partial charge in [-0.15, -0.1) is 0 Å². The normalized spacial score (nSPS) is 9.50. The minimum absolute atomic E-state index is 0.0161. The zero-order chi connectivity index (χ0) is 8.97. The molecule has 0 aliphatic carbocycles. The molecule has 0 aliphatic heterocycles. The number of hydrogen-bond acceptors (Lipinski definition) is 2. The fourth-order valence-corrected chi connectivity index (χ4v) is 0.979. The van der Waals surface area contributed by atoms with Crippen LogP contribution in [0.4, 0.5) is 0 Å². The Labute approximate surface area is 73.0 Å². The van der Waals surface area contributed by atoms with Crippen molar-refractivity contribution in [3.63, 3.8) is 0 Å². The van der Waals surface area contributed by atoms with Gasteiger partial charge in [-0.3, -0.25) is 4.79 Å². The fourth-order valence-electron chi connectivity index (χ4n) is 0.979. The predicted molar refractivity (Wildman–Crippen MR) is 51.1 cm³/mol. The van der Waals surface area contributed by atoms with Crippen molar-refractivity contribution in [3.8, 4) is 0 Å². The summed E-state index contributed by atoms with van der Waals surface area (Å²) in [4.78, 5) is 11.1. The van der Waals surface area contributed by atoms with E-state index in [1.165, 1.54) is 0 Å². The van der Waals surface area contributed by atoms with Gasteiger partial charge in [0, 0.05) is 5.56 Å². The van der Waals surface area contributed by atoms with E-state index >= 15 is 0 Å². The van der Waals surface area contributed by atoms with E-state index in [4.69, 9.17) is 5.73 Å². The summed E-state index contributed by atoms with van der Waals surface area (Å²) in [5.41, 5.74) is 7.02. The Bertz CT molecular complexity index is 268. The molecule has 0 bridgehead atoms. The molecule has 1 radical (unpaired) electrons. The maximum Gasteiger partial charge on any atom is 0.176 e. The first-order chi connectivity index (χ1) is 5.77. The molecule has 0 aromatic heterocycles. The molecule has 2 N–H and O–H groups in total. The van der Waals surface area contributed by atoms with Gasteiger partial charge in [0.1, 0.15) is 7.28 Å². The van der Waals surface area contributed by atoms with Gasteiger partial charge in [-0.1, -0.05) is 36.6 Å². The van der Waals surface area contributed by atoms with Crippen LogP contribution in [0.5, 0.6) is 0 Å². The van der Waals surface area contributed by atoms with Crippen molar-refractivity contribution in [1.29, 1.82) is 0 Å². The van der Waals surface area contributed by atoms with Crippen LogP contribution < -0.4 is 11.2 Å². The largest absolute Gasteiger partial charge is 0.324 e. The van der Waals surface area contributed by atoms with E-state index in [1.54, 1.807) is 12.1 Å². The highest BCUT2D eigenvalue weighted by Crippen LogP contribution is 1.96. The van der Waals surface area contributed by atoms with Crippen molar-refractivity contribution >= 4 is 18.5 Å². The molecular weight excluding hydrogens is 149 g/mol. The zero-order valence-corrected chi connectivity index (χ0v) is 7.08. The van der Waals surface area contributed by atoms with Crippen LogP contribution in [0, 0.1) is 0 Å². The molecule has 2 nitrogen and oxygen atoms in total. The lowest BCUT2D eigenvalue weighted by atomic mass is 9.73. The first-order valence-corrected chi connectivity index (χ1v) is 3.90. The van der Waals surface area contributed by atoms with Gasteiger partial charge in [-0.25, -0.2) is 0 Å². The molecule has 0 fully saturated rings. The van der Waals surface area contributed by atoms with Gasteiger partial charge in [0.15, 0.2) is 5.78 Å². The molecule has 0 heterocycles. The minimum atomic E-state index is -0.0161. The minimum Gasteiger partial charge on any atom is -0.324 e. The van der Waals surface area contributed by atoms with Gasteiger partial charge in [-0.2, -0.15) is 0 Å². The van der Waals surface area contributed by atoms with E-state index in [-0.39, 0.29) is 12.3 Å². The van der Waals surface area contributed by atoms with Crippen molar-refractivity contribution < 1.29 is 4.79 Å². The van der Waals surface area contributed by atoms with E-state index in [2.05, 4.69) is 0 Å². The van der Waals surface area contributed by atoms with Crippen LogP contribution in [-0.4, -0.2) is 19.6 Å². The molecule has 1 rings (SSSR count). The quantitative estimate of drug-likeness (QED) is 0.507. The molecule has 61 valence electrons. The summed E-state index contributed by atoms with van der Waals surface area (Å²) in [6, 6.07) is 7.40. The monoisotopic (exact) mass is 160 g/mol. The second-order valence-electron chi connectivity index (χ2n) is 2.54. The van der Waals surface area contributed by atoms with E-state index < -0.39 is 0 Å². The Kier molecular flexibility index (Phi) is 3.05. The van der Waals surface area contributed by atoms with Crippen LogP contribution in [0.2, 0.25) is 6.82 Å². The maximum atomic E-state index is 11.1.